The molecule has 0 aliphatic heterocycles. The van der Waals surface area contributed by atoms with Crippen molar-refractivity contribution in [2.24, 2.45) is 0 Å². The van der Waals surface area contributed by atoms with Crippen molar-refractivity contribution in [3.63, 3.8) is 0 Å². The normalized spacial score (nSPS) is 11.6. The van der Waals surface area contributed by atoms with Crippen LogP contribution in [0.1, 0.15) is 0 Å². The van der Waals surface area contributed by atoms with E-state index in [9.17, 15) is 10.2 Å². The summed E-state index contributed by atoms with van der Waals surface area (Å²) < 4.78 is 0. The Morgan fingerprint density at radius 3 is 0.654 bits per heavy atom. The van der Waals surface area contributed by atoms with Crippen molar-refractivity contribution >= 4 is 57.6 Å². The monoisotopic (exact) mass is 702 g/mol. The highest BCUT2D eigenvalue weighted by atomic mass is 28.3. The van der Waals surface area contributed by atoms with Crippen molar-refractivity contribution < 1.29 is 10.2 Å². The molecule has 0 heterocycles. The fourth-order valence-corrected chi connectivity index (χ4v) is 17.9. The summed E-state index contributed by atoms with van der Waals surface area (Å²) in [6.45, 7) is 0. The highest BCUT2D eigenvalue weighted by Crippen LogP contribution is 2.35. The van der Waals surface area contributed by atoms with Crippen molar-refractivity contribution in [1.29, 1.82) is 0 Å². The zero-order chi connectivity index (χ0) is 35.4. The Morgan fingerprint density at radius 2 is 0.442 bits per heavy atom. The van der Waals surface area contributed by atoms with Crippen LogP contribution < -0.4 is 41.5 Å². The summed E-state index contributed by atoms with van der Waals surface area (Å²) in [6.07, 6.45) is 0. The molecule has 8 aromatic rings. The van der Waals surface area contributed by atoms with E-state index >= 15 is 0 Å². The second-order valence-corrected chi connectivity index (χ2v) is 20.6. The Kier molecular flexibility index (Phi) is 9.00. The van der Waals surface area contributed by atoms with E-state index < -0.39 is 16.1 Å². The van der Waals surface area contributed by atoms with E-state index in [-0.39, 0.29) is 11.5 Å². The third kappa shape index (κ3) is 5.41. The van der Waals surface area contributed by atoms with Crippen molar-refractivity contribution in [2.75, 3.05) is 0 Å². The number of para-hydroxylation sites is 2. The van der Waals surface area contributed by atoms with Crippen LogP contribution in [-0.4, -0.2) is 26.4 Å². The average molecular weight is 703 g/mol. The summed E-state index contributed by atoms with van der Waals surface area (Å²) in [5, 5.41) is 34.3. The Bertz CT molecular complexity index is 2040. The van der Waals surface area contributed by atoms with Crippen LogP contribution >= 0.6 is 0 Å². The molecule has 0 unspecified atom stereocenters. The standard InChI is InChI=1S/C48H38O2Si2/c49-47-43(33-19-35-45(47)51(37-21-7-1-8-22-37,38-23-9-2-10-24-38)39-25-11-3-12-26-39)44-34-20-36-46(48(44)50)52(40-27-13-4-14-28-40,41-29-15-5-16-30-41)42-31-17-6-18-32-42/h1-36,49-50H. The Morgan fingerprint density at radius 1 is 0.231 bits per heavy atom. The summed E-state index contributed by atoms with van der Waals surface area (Å²) in [6, 6.07) is 75.6. The van der Waals surface area contributed by atoms with Crippen molar-refractivity contribution in [2.45, 2.75) is 0 Å². The summed E-state index contributed by atoms with van der Waals surface area (Å²) in [5.41, 5.74) is 1.21. The molecule has 4 heteroatoms. The Labute approximate surface area is 307 Å². The molecule has 0 saturated carbocycles. The van der Waals surface area contributed by atoms with Gasteiger partial charge in [0.25, 0.3) is 0 Å². The first kappa shape index (κ1) is 33.0. The topological polar surface area (TPSA) is 40.5 Å². The number of phenols is 2. The SMILES string of the molecule is Oc1c(-c2cccc([Si](c3ccccc3)(c3ccccc3)c3ccccc3)c2O)cccc1[Si](c1ccccc1)(c1ccccc1)c1ccccc1. The third-order valence-electron chi connectivity index (χ3n) is 10.4. The summed E-state index contributed by atoms with van der Waals surface area (Å²) in [5.74, 6) is 0.370. The second-order valence-electron chi connectivity index (χ2n) is 13.1. The van der Waals surface area contributed by atoms with Gasteiger partial charge in [0.1, 0.15) is 11.5 Å². The van der Waals surface area contributed by atoms with Crippen molar-refractivity contribution in [1.82, 2.24) is 0 Å². The molecule has 0 aliphatic carbocycles. The summed E-state index contributed by atoms with van der Waals surface area (Å²) in [7, 11) is -6.11. The lowest BCUT2D eigenvalue weighted by atomic mass is 10.0. The van der Waals surface area contributed by atoms with Gasteiger partial charge >= 0.3 is 0 Å². The maximum absolute atomic E-state index is 12.8. The first-order chi connectivity index (χ1) is 25.7. The average Bonchev–Trinajstić information content (AvgIpc) is 3.22. The van der Waals surface area contributed by atoms with E-state index in [1.165, 1.54) is 31.1 Å². The minimum atomic E-state index is -3.06. The highest BCUT2D eigenvalue weighted by Gasteiger charge is 2.45. The predicted molar refractivity (Wildman–Crippen MR) is 222 cm³/mol. The Hall–Kier alpha value is -6.21. The zero-order valence-electron chi connectivity index (χ0n) is 28.7. The predicted octanol–water partition coefficient (Wildman–Crippen LogP) is 5.52. The van der Waals surface area contributed by atoms with Gasteiger partial charge in [0.2, 0.25) is 0 Å². The molecule has 8 rings (SSSR count). The van der Waals surface area contributed by atoms with Crippen LogP contribution in [-0.2, 0) is 0 Å². The lowest BCUT2D eigenvalue weighted by Crippen LogP contribution is -2.74. The maximum atomic E-state index is 12.8. The number of aromatic hydroxyl groups is 2. The molecule has 0 fully saturated rings. The molecule has 0 atom stereocenters. The molecular weight excluding hydrogens is 665 g/mol. The molecule has 52 heavy (non-hydrogen) atoms. The molecule has 0 aromatic heterocycles. The minimum absolute atomic E-state index is 0.185. The zero-order valence-corrected chi connectivity index (χ0v) is 30.7. The van der Waals surface area contributed by atoms with Crippen molar-refractivity contribution in [3.8, 4) is 22.6 Å². The van der Waals surface area contributed by atoms with Gasteiger partial charge in [-0.2, -0.15) is 0 Å². The molecule has 250 valence electrons. The van der Waals surface area contributed by atoms with Crippen LogP contribution in [0.5, 0.6) is 11.5 Å². The molecule has 0 spiro atoms. The fraction of sp³-hybridized carbons (Fsp3) is 0. The fourth-order valence-electron chi connectivity index (χ4n) is 8.19. The van der Waals surface area contributed by atoms with Gasteiger partial charge in [-0.15, -0.1) is 0 Å². The molecule has 2 N–H and O–H groups in total. The molecule has 0 saturated heterocycles. The molecule has 0 amide bonds. The van der Waals surface area contributed by atoms with Gasteiger partial charge in [-0.25, -0.2) is 0 Å². The van der Waals surface area contributed by atoms with Crippen LogP contribution in [0.25, 0.3) is 11.1 Å². The number of benzene rings is 8. The van der Waals surface area contributed by atoms with Crippen LogP contribution in [0.2, 0.25) is 0 Å². The summed E-state index contributed by atoms with van der Waals surface area (Å²) in [4.78, 5) is 0. The van der Waals surface area contributed by atoms with Crippen LogP contribution in [0.15, 0.2) is 218 Å². The van der Waals surface area contributed by atoms with Crippen LogP contribution in [0.4, 0.5) is 0 Å². The first-order valence-corrected chi connectivity index (χ1v) is 21.6. The van der Waals surface area contributed by atoms with Gasteiger partial charge in [0.15, 0.2) is 16.1 Å². The largest absolute Gasteiger partial charge is 0.507 e. The highest BCUT2D eigenvalue weighted by molar-refractivity contribution is 7.21. The lowest BCUT2D eigenvalue weighted by Gasteiger charge is -2.36. The maximum Gasteiger partial charge on any atom is 0.183 e. The van der Waals surface area contributed by atoms with Crippen LogP contribution in [0.3, 0.4) is 0 Å². The van der Waals surface area contributed by atoms with E-state index in [2.05, 4.69) is 158 Å². The van der Waals surface area contributed by atoms with Crippen LogP contribution in [0, 0.1) is 0 Å². The summed E-state index contributed by atoms with van der Waals surface area (Å²) >= 11 is 0. The first-order valence-electron chi connectivity index (χ1n) is 17.6. The molecular formula is C48H38O2Si2. The van der Waals surface area contributed by atoms with Gasteiger partial charge in [-0.3, -0.25) is 0 Å². The van der Waals surface area contributed by atoms with Gasteiger partial charge in [-0.05, 0) is 41.5 Å². The minimum Gasteiger partial charge on any atom is -0.507 e. The third-order valence-corrected chi connectivity index (χ3v) is 20.0. The molecule has 0 radical (unpaired) electrons. The van der Waals surface area contributed by atoms with E-state index in [0.29, 0.717) is 11.1 Å². The lowest BCUT2D eigenvalue weighted by molar-refractivity contribution is 0.473. The van der Waals surface area contributed by atoms with E-state index in [1.54, 1.807) is 0 Å². The van der Waals surface area contributed by atoms with E-state index in [4.69, 9.17) is 0 Å². The number of rotatable bonds is 9. The molecule has 0 bridgehead atoms. The molecule has 0 aliphatic rings. The van der Waals surface area contributed by atoms with Gasteiger partial charge in [0.05, 0.1) is 0 Å². The van der Waals surface area contributed by atoms with E-state index in [1.807, 2.05) is 60.7 Å². The second kappa shape index (κ2) is 14.2. The van der Waals surface area contributed by atoms with Gasteiger partial charge in [0, 0.05) is 11.1 Å². The number of hydrogen-bond donors (Lipinski definition) is 2. The quantitative estimate of drug-likeness (QED) is 0.154. The van der Waals surface area contributed by atoms with E-state index in [0.717, 1.165) is 10.4 Å². The number of hydrogen-bond acceptors (Lipinski definition) is 2. The number of phenolic OH excluding ortho intramolecular Hbond substituents is 2. The van der Waals surface area contributed by atoms with Gasteiger partial charge in [-0.1, -0.05) is 218 Å². The van der Waals surface area contributed by atoms with Crippen molar-refractivity contribution in [3.05, 3.63) is 218 Å². The molecule has 8 aromatic carbocycles. The smallest absolute Gasteiger partial charge is 0.183 e. The Balaban J connectivity index is 1.43. The molecule has 2 nitrogen and oxygen atoms in total. The van der Waals surface area contributed by atoms with Gasteiger partial charge < -0.3 is 10.2 Å².